The molecule has 1 unspecified atom stereocenters. The largest absolute Gasteiger partial charge is 0.466 e. The number of esters is 1. The Morgan fingerprint density at radius 1 is 1.00 bits per heavy atom. The van der Waals surface area contributed by atoms with Gasteiger partial charge in [0.2, 0.25) is 5.67 Å². The van der Waals surface area contributed by atoms with Crippen molar-refractivity contribution in [3.05, 3.63) is 71.3 Å². The monoisotopic (exact) mass is 286 g/mol. The van der Waals surface area contributed by atoms with Gasteiger partial charge in [0.15, 0.2) is 5.78 Å². The Morgan fingerprint density at radius 2 is 1.62 bits per heavy atom. The maximum absolute atomic E-state index is 14.5. The van der Waals surface area contributed by atoms with Gasteiger partial charge in [0.05, 0.1) is 7.11 Å². The van der Waals surface area contributed by atoms with Crippen molar-refractivity contribution >= 4 is 11.8 Å². The minimum absolute atomic E-state index is 0.0936. The van der Waals surface area contributed by atoms with Crippen LogP contribution in [-0.4, -0.2) is 18.9 Å². The van der Waals surface area contributed by atoms with E-state index < -0.39 is 11.6 Å². The van der Waals surface area contributed by atoms with Gasteiger partial charge in [-0.15, -0.1) is 0 Å². The first-order chi connectivity index (χ1) is 9.96. The van der Waals surface area contributed by atoms with Crippen LogP contribution in [0.15, 0.2) is 54.6 Å². The van der Waals surface area contributed by atoms with Crippen molar-refractivity contribution in [2.45, 2.75) is 12.6 Å². The lowest BCUT2D eigenvalue weighted by atomic mass is 9.94. The van der Waals surface area contributed by atoms with Crippen molar-refractivity contribution in [3.8, 4) is 0 Å². The molecule has 1 atom stereocenters. The number of hydrogen-bond acceptors (Lipinski definition) is 3. The molecule has 0 bridgehead atoms. The summed E-state index contributed by atoms with van der Waals surface area (Å²) in [4.78, 5) is 23.8. The molecule has 0 fully saturated rings. The highest BCUT2D eigenvalue weighted by Crippen LogP contribution is 2.28. The van der Waals surface area contributed by atoms with E-state index >= 15 is 0 Å². The maximum atomic E-state index is 14.5. The number of halogens is 1. The van der Waals surface area contributed by atoms with E-state index in [4.69, 9.17) is 0 Å². The Hall–Kier alpha value is -2.49. The summed E-state index contributed by atoms with van der Waals surface area (Å²) in [7, 11) is 1.12. The number of methoxy groups -OCH3 is 1. The molecule has 0 amide bonds. The average Bonchev–Trinajstić information content (AvgIpc) is 2.54. The third-order valence-corrected chi connectivity index (χ3v) is 3.27. The summed E-state index contributed by atoms with van der Waals surface area (Å²) in [6.07, 6.45) is 0. The Morgan fingerprint density at radius 3 is 2.24 bits per heavy atom. The smallest absolute Gasteiger partial charge is 0.348 e. The Bertz CT molecular complexity index is 663. The van der Waals surface area contributed by atoms with Crippen molar-refractivity contribution in [3.63, 3.8) is 0 Å². The fourth-order valence-electron chi connectivity index (χ4n) is 2.02. The summed E-state index contributed by atoms with van der Waals surface area (Å²) in [6, 6.07) is 14.7. The predicted octanol–water partition coefficient (Wildman–Crippen LogP) is 3.28. The molecule has 0 aromatic heterocycles. The first-order valence-electron chi connectivity index (χ1n) is 6.44. The normalized spacial score (nSPS) is 13.3. The van der Waals surface area contributed by atoms with Crippen molar-refractivity contribution in [2.75, 3.05) is 7.11 Å². The van der Waals surface area contributed by atoms with E-state index in [0.717, 1.165) is 14.0 Å². The molecule has 2 aromatic rings. The average molecular weight is 286 g/mol. The lowest BCUT2D eigenvalue weighted by molar-refractivity contribution is -0.154. The number of carbonyl (C=O) groups excluding carboxylic acids is 2. The van der Waals surface area contributed by atoms with Crippen LogP contribution in [0.1, 0.15) is 28.4 Å². The number of rotatable bonds is 4. The van der Waals surface area contributed by atoms with Crippen LogP contribution in [0.2, 0.25) is 0 Å². The van der Waals surface area contributed by atoms with Crippen molar-refractivity contribution in [1.29, 1.82) is 0 Å². The highest BCUT2D eigenvalue weighted by Gasteiger charge is 2.36. The summed E-state index contributed by atoms with van der Waals surface area (Å²) in [5.74, 6) is -1.22. The van der Waals surface area contributed by atoms with E-state index in [0.29, 0.717) is 11.1 Å². The highest BCUT2D eigenvalue weighted by molar-refractivity contribution is 6.09. The van der Waals surface area contributed by atoms with Crippen LogP contribution in [0.4, 0.5) is 4.39 Å². The second-order valence-electron chi connectivity index (χ2n) is 4.77. The molecule has 0 radical (unpaired) electrons. The van der Waals surface area contributed by atoms with Crippen LogP contribution in [-0.2, 0) is 15.2 Å². The number of ether oxygens (including phenoxy) is 1. The lowest BCUT2D eigenvalue weighted by Gasteiger charge is -2.18. The zero-order valence-corrected chi connectivity index (χ0v) is 11.8. The van der Waals surface area contributed by atoms with E-state index in [2.05, 4.69) is 4.74 Å². The molecule has 0 saturated carbocycles. The van der Waals surface area contributed by atoms with Gasteiger partial charge in [-0.1, -0.05) is 48.5 Å². The molecule has 2 rings (SSSR count). The summed E-state index contributed by atoms with van der Waals surface area (Å²) in [6.45, 7) is 1.12. The lowest BCUT2D eigenvalue weighted by Crippen LogP contribution is -2.28. The quantitative estimate of drug-likeness (QED) is 0.640. The molecule has 0 aliphatic carbocycles. The van der Waals surface area contributed by atoms with E-state index in [-0.39, 0.29) is 11.3 Å². The van der Waals surface area contributed by atoms with E-state index in [1.807, 2.05) is 6.07 Å². The van der Waals surface area contributed by atoms with Gasteiger partial charge in [-0.2, -0.15) is 0 Å². The Balaban J connectivity index is 2.39. The highest BCUT2D eigenvalue weighted by atomic mass is 19.1. The second kappa shape index (κ2) is 5.87. The molecule has 4 heteroatoms. The van der Waals surface area contributed by atoms with Crippen LogP contribution in [0, 0.1) is 0 Å². The number of alkyl halides is 1. The molecule has 0 saturated heterocycles. The zero-order chi connectivity index (χ0) is 15.5. The van der Waals surface area contributed by atoms with E-state index in [1.54, 1.807) is 36.4 Å². The van der Waals surface area contributed by atoms with Crippen molar-refractivity contribution in [2.24, 2.45) is 0 Å². The van der Waals surface area contributed by atoms with Gasteiger partial charge in [0.25, 0.3) is 0 Å². The minimum atomic E-state index is -2.29. The SMILES string of the molecule is COC(=O)C(C)(F)c1cccc(C(=O)c2ccccc2)c1. The van der Waals surface area contributed by atoms with Crippen LogP contribution in [0.5, 0.6) is 0 Å². The molecular weight excluding hydrogens is 271 g/mol. The van der Waals surface area contributed by atoms with Crippen LogP contribution in [0.25, 0.3) is 0 Å². The third kappa shape index (κ3) is 2.99. The van der Waals surface area contributed by atoms with Crippen LogP contribution < -0.4 is 0 Å². The molecule has 21 heavy (non-hydrogen) atoms. The summed E-state index contributed by atoms with van der Waals surface area (Å²) in [5.41, 5.74) is -1.36. The summed E-state index contributed by atoms with van der Waals surface area (Å²) >= 11 is 0. The molecular formula is C17H15FO3. The molecule has 2 aromatic carbocycles. The van der Waals surface area contributed by atoms with Gasteiger partial charge in [-0.25, -0.2) is 9.18 Å². The third-order valence-electron chi connectivity index (χ3n) is 3.27. The van der Waals surface area contributed by atoms with Gasteiger partial charge >= 0.3 is 5.97 Å². The van der Waals surface area contributed by atoms with Gasteiger partial charge in [0, 0.05) is 16.7 Å². The first-order valence-corrected chi connectivity index (χ1v) is 6.44. The van der Waals surface area contributed by atoms with Crippen LogP contribution in [0.3, 0.4) is 0 Å². The molecule has 3 nitrogen and oxygen atoms in total. The fourth-order valence-corrected chi connectivity index (χ4v) is 2.02. The number of benzene rings is 2. The van der Waals surface area contributed by atoms with Crippen molar-refractivity contribution < 1.29 is 18.7 Å². The van der Waals surface area contributed by atoms with Crippen molar-refractivity contribution in [1.82, 2.24) is 0 Å². The van der Waals surface area contributed by atoms with Gasteiger partial charge in [-0.05, 0) is 13.0 Å². The zero-order valence-electron chi connectivity index (χ0n) is 11.8. The first kappa shape index (κ1) is 14.9. The molecule has 0 aliphatic heterocycles. The number of ketones is 1. The van der Waals surface area contributed by atoms with Gasteiger partial charge in [0.1, 0.15) is 0 Å². The topological polar surface area (TPSA) is 43.4 Å². The molecule has 0 N–H and O–H groups in total. The maximum Gasteiger partial charge on any atom is 0.348 e. The van der Waals surface area contributed by atoms with E-state index in [9.17, 15) is 14.0 Å². The number of hydrogen-bond donors (Lipinski definition) is 0. The molecule has 0 spiro atoms. The fraction of sp³-hybridized carbons (Fsp3) is 0.176. The van der Waals surface area contributed by atoms with Gasteiger partial charge in [-0.3, -0.25) is 4.79 Å². The molecule has 0 aliphatic rings. The summed E-state index contributed by atoms with van der Waals surface area (Å²) in [5, 5.41) is 0. The summed E-state index contributed by atoms with van der Waals surface area (Å²) < 4.78 is 18.9. The Labute approximate surface area is 122 Å². The standard InChI is InChI=1S/C17H15FO3/c1-17(18,16(20)21-2)14-10-6-9-13(11-14)15(19)12-7-4-3-5-8-12/h3-11H,1-2H3. The molecule has 108 valence electrons. The molecule has 0 heterocycles. The number of carbonyl (C=O) groups is 2. The van der Waals surface area contributed by atoms with Crippen LogP contribution >= 0.6 is 0 Å². The second-order valence-corrected chi connectivity index (χ2v) is 4.77. The van der Waals surface area contributed by atoms with E-state index in [1.165, 1.54) is 12.1 Å². The van der Waals surface area contributed by atoms with Gasteiger partial charge < -0.3 is 4.74 Å². The minimum Gasteiger partial charge on any atom is -0.466 e. The predicted molar refractivity (Wildman–Crippen MR) is 76.8 cm³/mol. The Kier molecular flexibility index (Phi) is 4.17.